The fourth-order valence-electron chi connectivity index (χ4n) is 2.22. The number of benzene rings is 1. The second kappa shape index (κ2) is 5.40. The summed E-state index contributed by atoms with van der Waals surface area (Å²) in [5.41, 5.74) is 7.71. The highest BCUT2D eigenvalue weighted by atomic mass is 16.5. The summed E-state index contributed by atoms with van der Waals surface area (Å²) in [6.07, 6.45) is 1.69. The monoisotopic (exact) mass is 248 g/mol. The Labute approximate surface area is 108 Å². The molecule has 1 aliphatic heterocycles. The molecule has 0 fully saturated rings. The molecule has 0 bridgehead atoms. The first-order valence-electron chi connectivity index (χ1n) is 6.40. The van der Waals surface area contributed by atoms with Crippen LogP contribution < -0.4 is 15.4 Å². The van der Waals surface area contributed by atoms with Crippen molar-refractivity contribution in [2.75, 3.05) is 25.1 Å². The lowest BCUT2D eigenvalue weighted by Crippen LogP contribution is -2.36. The Kier molecular flexibility index (Phi) is 3.87. The average Bonchev–Trinajstić information content (AvgIpc) is 2.86. The van der Waals surface area contributed by atoms with E-state index in [0.29, 0.717) is 6.54 Å². The van der Waals surface area contributed by atoms with Gasteiger partial charge in [0.1, 0.15) is 5.75 Å². The van der Waals surface area contributed by atoms with Gasteiger partial charge < -0.3 is 15.4 Å². The number of nitrogens with zero attached hydrogens (tertiary/aromatic N) is 1. The van der Waals surface area contributed by atoms with Gasteiger partial charge in [0.05, 0.1) is 12.5 Å². The van der Waals surface area contributed by atoms with Gasteiger partial charge in [-0.05, 0) is 30.2 Å². The van der Waals surface area contributed by atoms with Crippen LogP contribution in [-0.2, 0) is 11.2 Å². The zero-order valence-corrected chi connectivity index (χ0v) is 11.0. The van der Waals surface area contributed by atoms with E-state index in [4.69, 9.17) is 10.5 Å². The zero-order chi connectivity index (χ0) is 13.1. The van der Waals surface area contributed by atoms with Crippen molar-refractivity contribution >= 4 is 11.6 Å². The van der Waals surface area contributed by atoms with Gasteiger partial charge in [-0.3, -0.25) is 4.79 Å². The molecule has 1 aromatic rings. The van der Waals surface area contributed by atoms with E-state index in [0.717, 1.165) is 30.9 Å². The summed E-state index contributed by atoms with van der Waals surface area (Å²) < 4.78 is 5.46. The topological polar surface area (TPSA) is 55.6 Å². The van der Waals surface area contributed by atoms with Gasteiger partial charge in [-0.15, -0.1) is 0 Å². The highest BCUT2D eigenvalue weighted by Crippen LogP contribution is 2.29. The smallest absolute Gasteiger partial charge is 0.231 e. The normalized spacial score (nSPS) is 14.8. The molecule has 4 heteroatoms. The Hall–Kier alpha value is -1.55. The first-order valence-corrected chi connectivity index (χ1v) is 6.40. The van der Waals surface area contributed by atoms with Crippen LogP contribution in [0.15, 0.2) is 18.2 Å². The second-order valence-electron chi connectivity index (χ2n) is 4.63. The van der Waals surface area contributed by atoms with Crippen LogP contribution in [0.2, 0.25) is 0 Å². The summed E-state index contributed by atoms with van der Waals surface area (Å²) in [4.78, 5) is 13.9. The summed E-state index contributed by atoms with van der Waals surface area (Å²) in [5.74, 6) is 0.920. The lowest BCUT2D eigenvalue weighted by atomic mass is 10.0. The Bertz CT molecular complexity index is 441. The molecule has 0 aliphatic carbocycles. The average molecular weight is 248 g/mol. The number of ether oxygens (including phenoxy) is 1. The van der Waals surface area contributed by atoms with Gasteiger partial charge in [0, 0.05) is 25.7 Å². The van der Waals surface area contributed by atoms with Crippen LogP contribution in [0.4, 0.5) is 5.69 Å². The van der Waals surface area contributed by atoms with Gasteiger partial charge >= 0.3 is 0 Å². The van der Waals surface area contributed by atoms with Crippen molar-refractivity contribution < 1.29 is 9.53 Å². The van der Waals surface area contributed by atoms with E-state index >= 15 is 0 Å². The fourth-order valence-corrected chi connectivity index (χ4v) is 2.22. The molecular formula is C14H20N2O2. The van der Waals surface area contributed by atoms with E-state index in [1.54, 1.807) is 11.9 Å². The first kappa shape index (κ1) is 12.9. The van der Waals surface area contributed by atoms with Crippen molar-refractivity contribution in [2.45, 2.75) is 19.8 Å². The van der Waals surface area contributed by atoms with Crippen LogP contribution in [0.3, 0.4) is 0 Å². The van der Waals surface area contributed by atoms with E-state index in [1.165, 1.54) is 5.56 Å². The van der Waals surface area contributed by atoms with Crippen LogP contribution >= 0.6 is 0 Å². The third-order valence-electron chi connectivity index (χ3n) is 3.52. The highest BCUT2D eigenvalue weighted by molar-refractivity contribution is 5.94. The molecule has 1 atom stereocenters. The van der Waals surface area contributed by atoms with E-state index in [2.05, 4.69) is 0 Å². The Balaban J connectivity index is 2.18. The van der Waals surface area contributed by atoms with Gasteiger partial charge in [-0.1, -0.05) is 6.92 Å². The number of hydrogen-bond acceptors (Lipinski definition) is 3. The SMILES string of the molecule is CCC(CN)C(=O)N(C)c1ccc2c(c1)CCO2. The maximum absolute atomic E-state index is 12.2. The molecule has 1 aromatic carbocycles. The molecule has 1 aliphatic rings. The Morgan fingerprint density at radius 1 is 1.56 bits per heavy atom. The molecule has 1 amide bonds. The highest BCUT2D eigenvalue weighted by Gasteiger charge is 2.21. The van der Waals surface area contributed by atoms with E-state index in [9.17, 15) is 4.79 Å². The van der Waals surface area contributed by atoms with Gasteiger partial charge in [0.15, 0.2) is 0 Å². The van der Waals surface area contributed by atoms with Crippen molar-refractivity contribution in [3.05, 3.63) is 23.8 Å². The summed E-state index contributed by atoms with van der Waals surface area (Å²) >= 11 is 0. The Morgan fingerprint density at radius 2 is 2.33 bits per heavy atom. The van der Waals surface area contributed by atoms with Crippen molar-refractivity contribution in [1.82, 2.24) is 0 Å². The van der Waals surface area contributed by atoms with Gasteiger partial charge in [0.25, 0.3) is 0 Å². The molecule has 0 radical (unpaired) electrons. The third kappa shape index (κ3) is 2.34. The molecule has 0 saturated heterocycles. The molecule has 98 valence electrons. The van der Waals surface area contributed by atoms with Crippen molar-refractivity contribution in [3.8, 4) is 5.75 Å². The van der Waals surface area contributed by atoms with Crippen LogP contribution in [0, 0.1) is 5.92 Å². The molecule has 0 saturated carbocycles. The molecule has 1 heterocycles. The first-order chi connectivity index (χ1) is 8.67. The number of hydrogen-bond donors (Lipinski definition) is 1. The maximum atomic E-state index is 12.2. The summed E-state index contributed by atoms with van der Waals surface area (Å²) in [7, 11) is 1.80. The van der Waals surface area contributed by atoms with Crippen LogP contribution in [0.5, 0.6) is 5.75 Å². The predicted molar refractivity (Wildman–Crippen MR) is 71.9 cm³/mol. The van der Waals surface area contributed by atoms with Gasteiger partial charge in [-0.25, -0.2) is 0 Å². The lowest BCUT2D eigenvalue weighted by Gasteiger charge is -2.22. The number of anilines is 1. The second-order valence-corrected chi connectivity index (χ2v) is 4.63. The molecule has 2 rings (SSSR count). The Morgan fingerprint density at radius 3 is 3.00 bits per heavy atom. The molecule has 1 unspecified atom stereocenters. The molecule has 2 N–H and O–H groups in total. The van der Waals surface area contributed by atoms with E-state index < -0.39 is 0 Å². The molecule has 4 nitrogen and oxygen atoms in total. The minimum Gasteiger partial charge on any atom is -0.493 e. The van der Waals surface area contributed by atoms with E-state index in [-0.39, 0.29) is 11.8 Å². The predicted octanol–water partition coefficient (Wildman–Crippen LogP) is 1.57. The summed E-state index contributed by atoms with van der Waals surface area (Å²) in [6, 6.07) is 5.89. The number of rotatable bonds is 4. The number of fused-ring (bicyclic) bond motifs is 1. The number of amides is 1. The summed E-state index contributed by atoms with van der Waals surface area (Å²) in [5, 5.41) is 0. The largest absolute Gasteiger partial charge is 0.493 e. The molecule has 0 aromatic heterocycles. The van der Waals surface area contributed by atoms with Crippen molar-refractivity contribution in [3.63, 3.8) is 0 Å². The summed E-state index contributed by atoms with van der Waals surface area (Å²) in [6.45, 7) is 3.12. The van der Waals surface area contributed by atoms with Crippen molar-refractivity contribution in [1.29, 1.82) is 0 Å². The number of carbonyl (C=O) groups is 1. The van der Waals surface area contributed by atoms with Crippen LogP contribution in [-0.4, -0.2) is 26.1 Å². The standard InChI is InChI=1S/C14H20N2O2/c1-3-10(9-15)14(17)16(2)12-4-5-13-11(8-12)6-7-18-13/h4-5,8,10H,3,6-7,9,15H2,1-2H3. The minimum atomic E-state index is -0.0977. The molecule has 18 heavy (non-hydrogen) atoms. The lowest BCUT2D eigenvalue weighted by molar-refractivity contribution is -0.121. The maximum Gasteiger partial charge on any atom is 0.231 e. The third-order valence-corrected chi connectivity index (χ3v) is 3.52. The molecular weight excluding hydrogens is 228 g/mol. The minimum absolute atomic E-state index is 0.0823. The molecule has 0 spiro atoms. The van der Waals surface area contributed by atoms with Crippen molar-refractivity contribution in [2.24, 2.45) is 11.7 Å². The quantitative estimate of drug-likeness (QED) is 0.880. The number of nitrogens with two attached hydrogens (primary N) is 1. The number of carbonyl (C=O) groups excluding carboxylic acids is 1. The van der Waals surface area contributed by atoms with Crippen LogP contribution in [0.25, 0.3) is 0 Å². The van der Waals surface area contributed by atoms with Gasteiger partial charge in [0.2, 0.25) is 5.91 Å². The van der Waals surface area contributed by atoms with E-state index in [1.807, 2.05) is 25.1 Å². The zero-order valence-electron chi connectivity index (χ0n) is 11.0. The fraction of sp³-hybridized carbons (Fsp3) is 0.500. The van der Waals surface area contributed by atoms with Crippen LogP contribution in [0.1, 0.15) is 18.9 Å². The van der Waals surface area contributed by atoms with Gasteiger partial charge in [-0.2, -0.15) is 0 Å².